The molecule has 136 valence electrons. The Hall–Kier alpha value is -2.61. The molecule has 2 aliphatic rings. The van der Waals surface area contributed by atoms with Gasteiger partial charge in [0, 0.05) is 41.5 Å². The molecule has 7 nitrogen and oxygen atoms in total. The van der Waals surface area contributed by atoms with Crippen LogP contribution in [0.1, 0.15) is 30.7 Å². The van der Waals surface area contributed by atoms with Crippen molar-refractivity contribution in [3.63, 3.8) is 0 Å². The molecule has 0 saturated heterocycles. The predicted molar refractivity (Wildman–Crippen MR) is 98.3 cm³/mol. The van der Waals surface area contributed by atoms with E-state index in [1.165, 1.54) is 11.3 Å². The van der Waals surface area contributed by atoms with E-state index < -0.39 is 6.04 Å². The summed E-state index contributed by atoms with van der Waals surface area (Å²) in [6.07, 6.45) is 5.87. The molecule has 3 heterocycles. The summed E-state index contributed by atoms with van der Waals surface area (Å²) in [4.78, 5) is 25.7. The first-order chi connectivity index (χ1) is 12.6. The van der Waals surface area contributed by atoms with Crippen LogP contribution in [0.5, 0.6) is 0 Å². The van der Waals surface area contributed by atoms with Gasteiger partial charge in [0.25, 0.3) is 5.91 Å². The SMILES string of the molecule is CC1=C(C(=O)NCC2(Cn3cccn3)CC2)[C@H](c2cccs2)NC(=O)N1. The van der Waals surface area contributed by atoms with Crippen LogP contribution >= 0.6 is 11.3 Å². The van der Waals surface area contributed by atoms with Crippen LogP contribution in [0.25, 0.3) is 0 Å². The largest absolute Gasteiger partial charge is 0.352 e. The van der Waals surface area contributed by atoms with Crippen LogP contribution < -0.4 is 16.0 Å². The highest BCUT2D eigenvalue weighted by molar-refractivity contribution is 7.10. The minimum Gasteiger partial charge on any atom is -0.352 e. The van der Waals surface area contributed by atoms with Crippen LogP contribution in [0.3, 0.4) is 0 Å². The van der Waals surface area contributed by atoms with Crippen molar-refractivity contribution in [3.8, 4) is 0 Å². The summed E-state index contributed by atoms with van der Waals surface area (Å²) in [6, 6.07) is 5.06. The standard InChI is InChI=1S/C18H21N5O2S/c1-12-14(15(22-17(25)21-12)13-4-2-9-26-13)16(24)19-10-18(5-6-18)11-23-8-3-7-20-23/h2-4,7-9,15H,5-6,10-11H2,1H3,(H,19,24)(H2,21,22,25)/t15-/m0/s1. The van der Waals surface area contributed by atoms with E-state index in [1.54, 1.807) is 13.1 Å². The molecule has 1 atom stereocenters. The molecular formula is C18H21N5O2S. The highest BCUT2D eigenvalue weighted by atomic mass is 32.1. The molecule has 0 aromatic carbocycles. The maximum absolute atomic E-state index is 12.9. The van der Waals surface area contributed by atoms with Gasteiger partial charge in [0.2, 0.25) is 0 Å². The molecule has 8 heteroatoms. The van der Waals surface area contributed by atoms with Crippen molar-refractivity contribution in [1.29, 1.82) is 0 Å². The zero-order valence-corrected chi connectivity index (χ0v) is 15.3. The number of carbonyl (C=O) groups is 2. The minimum atomic E-state index is -0.412. The van der Waals surface area contributed by atoms with E-state index in [2.05, 4.69) is 21.0 Å². The fourth-order valence-electron chi connectivity index (χ4n) is 3.33. The molecule has 0 spiro atoms. The zero-order chi connectivity index (χ0) is 18.1. The van der Waals surface area contributed by atoms with E-state index >= 15 is 0 Å². The Morgan fingerprint density at radius 2 is 2.31 bits per heavy atom. The first-order valence-electron chi connectivity index (χ1n) is 8.64. The van der Waals surface area contributed by atoms with Gasteiger partial charge in [-0.1, -0.05) is 6.07 Å². The van der Waals surface area contributed by atoms with E-state index in [0.29, 0.717) is 17.8 Å². The van der Waals surface area contributed by atoms with Gasteiger partial charge in [-0.25, -0.2) is 4.79 Å². The van der Waals surface area contributed by atoms with Crippen LogP contribution in [0.4, 0.5) is 4.79 Å². The van der Waals surface area contributed by atoms with E-state index in [-0.39, 0.29) is 17.4 Å². The highest BCUT2D eigenvalue weighted by Gasteiger charge is 2.44. The number of carbonyl (C=O) groups excluding carboxylic acids is 2. The quantitative estimate of drug-likeness (QED) is 0.727. The van der Waals surface area contributed by atoms with Crippen LogP contribution in [0, 0.1) is 5.41 Å². The highest BCUT2D eigenvalue weighted by Crippen LogP contribution is 2.46. The molecule has 26 heavy (non-hydrogen) atoms. The second-order valence-electron chi connectivity index (χ2n) is 6.97. The van der Waals surface area contributed by atoms with Gasteiger partial charge in [0.1, 0.15) is 0 Å². The molecule has 1 saturated carbocycles. The Labute approximate surface area is 155 Å². The minimum absolute atomic E-state index is 0.0833. The van der Waals surface area contributed by atoms with Gasteiger partial charge < -0.3 is 16.0 Å². The lowest BCUT2D eigenvalue weighted by atomic mass is 10.00. The number of hydrogen-bond donors (Lipinski definition) is 3. The third kappa shape index (κ3) is 3.37. The fourth-order valence-corrected chi connectivity index (χ4v) is 4.12. The van der Waals surface area contributed by atoms with E-state index in [4.69, 9.17) is 0 Å². The topological polar surface area (TPSA) is 88.1 Å². The number of hydrogen-bond acceptors (Lipinski definition) is 4. The van der Waals surface area contributed by atoms with Crippen LogP contribution in [0.15, 0.2) is 47.2 Å². The monoisotopic (exact) mass is 371 g/mol. The van der Waals surface area contributed by atoms with Crippen molar-refractivity contribution < 1.29 is 9.59 Å². The van der Waals surface area contributed by atoms with Gasteiger partial charge in [-0.3, -0.25) is 9.48 Å². The summed E-state index contributed by atoms with van der Waals surface area (Å²) < 4.78 is 1.92. The first kappa shape index (κ1) is 16.8. The smallest absolute Gasteiger partial charge is 0.319 e. The van der Waals surface area contributed by atoms with Crippen LogP contribution in [-0.2, 0) is 11.3 Å². The molecule has 0 radical (unpaired) electrons. The van der Waals surface area contributed by atoms with Crippen molar-refractivity contribution >= 4 is 23.3 Å². The van der Waals surface area contributed by atoms with Gasteiger partial charge in [-0.15, -0.1) is 11.3 Å². The lowest BCUT2D eigenvalue weighted by Crippen LogP contribution is -2.47. The summed E-state index contributed by atoms with van der Waals surface area (Å²) in [6.45, 7) is 3.18. The molecule has 3 amide bonds. The Bertz CT molecular complexity index is 837. The third-order valence-corrected chi connectivity index (χ3v) is 5.92. The summed E-state index contributed by atoms with van der Waals surface area (Å²) in [5, 5.41) is 14.9. The summed E-state index contributed by atoms with van der Waals surface area (Å²) >= 11 is 1.53. The van der Waals surface area contributed by atoms with Crippen molar-refractivity contribution in [1.82, 2.24) is 25.7 Å². The maximum atomic E-state index is 12.9. The molecule has 0 unspecified atom stereocenters. The lowest BCUT2D eigenvalue weighted by molar-refractivity contribution is -0.118. The average molecular weight is 371 g/mol. The van der Waals surface area contributed by atoms with E-state index in [1.807, 2.05) is 34.5 Å². The molecule has 3 N–H and O–H groups in total. The molecular weight excluding hydrogens is 350 g/mol. The van der Waals surface area contributed by atoms with Crippen LogP contribution in [0.2, 0.25) is 0 Å². The Morgan fingerprint density at radius 3 is 2.96 bits per heavy atom. The van der Waals surface area contributed by atoms with Crippen molar-refractivity contribution in [2.45, 2.75) is 32.4 Å². The zero-order valence-electron chi connectivity index (χ0n) is 14.5. The number of nitrogens with one attached hydrogen (secondary N) is 3. The molecule has 1 fully saturated rings. The summed E-state index contributed by atoms with van der Waals surface area (Å²) in [5.74, 6) is -0.139. The normalized spacial score (nSPS) is 21.1. The van der Waals surface area contributed by atoms with Gasteiger partial charge >= 0.3 is 6.03 Å². The number of rotatable bonds is 6. The Kier molecular flexibility index (Phi) is 4.28. The molecule has 2 aromatic heterocycles. The number of thiophene rings is 1. The number of aromatic nitrogens is 2. The Balaban J connectivity index is 1.47. The maximum Gasteiger partial charge on any atom is 0.319 e. The fraction of sp³-hybridized carbons (Fsp3) is 0.389. The third-order valence-electron chi connectivity index (χ3n) is 4.98. The van der Waals surface area contributed by atoms with E-state index in [9.17, 15) is 9.59 Å². The molecule has 0 bridgehead atoms. The number of urea groups is 1. The number of allylic oxidation sites excluding steroid dienone is 1. The second kappa shape index (κ2) is 6.60. The predicted octanol–water partition coefficient (Wildman–Crippen LogP) is 2.17. The number of amides is 3. The van der Waals surface area contributed by atoms with Crippen LogP contribution in [-0.4, -0.2) is 28.3 Å². The van der Waals surface area contributed by atoms with Crippen molar-refractivity contribution in [3.05, 3.63) is 52.1 Å². The van der Waals surface area contributed by atoms with E-state index in [0.717, 1.165) is 24.3 Å². The van der Waals surface area contributed by atoms with Gasteiger partial charge in [0.05, 0.1) is 11.6 Å². The molecule has 1 aliphatic carbocycles. The first-order valence-corrected chi connectivity index (χ1v) is 9.52. The van der Waals surface area contributed by atoms with Crippen molar-refractivity contribution in [2.75, 3.05) is 6.54 Å². The number of nitrogens with zero attached hydrogens (tertiary/aromatic N) is 2. The average Bonchev–Trinajstić information content (AvgIpc) is 3.03. The lowest BCUT2D eigenvalue weighted by Gasteiger charge is -2.28. The summed E-state index contributed by atoms with van der Waals surface area (Å²) in [7, 11) is 0. The second-order valence-corrected chi connectivity index (χ2v) is 7.95. The molecule has 2 aromatic rings. The Morgan fingerprint density at radius 1 is 1.46 bits per heavy atom. The van der Waals surface area contributed by atoms with Gasteiger partial charge in [-0.2, -0.15) is 5.10 Å². The van der Waals surface area contributed by atoms with Gasteiger partial charge in [0.15, 0.2) is 0 Å². The summed E-state index contributed by atoms with van der Waals surface area (Å²) in [5.41, 5.74) is 1.25. The van der Waals surface area contributed by atoms with Crippen molar-refractivity contribution in [2.24, 2.45) is 5.41 Å². The van der Waals surface area contributed by atoms with Gasteiger partial charge in [-0.05, 0) is 37.3 Å². The molecule has 4 rings (SSSR count). The molecule has 1 aliphatic heterocycles.